The van der Waals surface area contributed by atoms with Gasteiger partial charge < -0.3 is 30.7 Å². The Hall–Kier alpha value is -6.43. The van der Waals surface area contributed by atoms with E-state index < -0.39 is 47.3 Å². The number of azo groups is 2. The number of alkyl halides is 3. The molecule has 0 bridgehead atoms. The van der Waals surface area contributed by atoms with Crippen LogP contribution in [0.2, 0.25) is 10.0 Å². The van der Waals surface area contributed by atoms with Crippen LogP contribution in [-0.2, 0) is 38.4 Å². The van der Waals surface area contributed by atoms with Gasteiger partial charge in [0.15, 0.2) is 11.6 Å². The third kappa shape index (κ3) is 14.3. The first-order valence-electron chi connectivity index (χ1n) is 20.9. The molecule has 0 radical (unpaired) electrons. The number of ether oxygens (including phenoxy) is 2. The summed E-state index contributed by atoms with van der Waals surface area (Å²) in [5.41, 5.74) is 3.67. The molecular weight excluding hydrogens is 994 g/mol. The van der Waals surface area contributed by atoms with Crippen molar-refractivity contribution >= 4 is 127 Å². The number of Topliss-reactive ketones (excluding diaryl/α,β-unsaturated/α-hetero) is 2. The highest BCUT2D eigenvalue weighted by Crippen LogP contribution is 2.33. The van der Waals surface area contributed by atoms with Crippen LogP contribution in [-0.4, -0.2) is 79.1 Å². The summed E-state index contributed by atoms with van der Waals surface area (Å²) in [5.74, 6) is -2.20. The zero-order chi connectivity index (χ0) is 50.2. The normalized spacial score (nSPS) is 12.0. The van der Waals surface area contributed by atoms with Crippen molar-refractivity contribution in [1.29, 1.82) is 0 Å². The van der Waals surface area contributed by atoms with E-state index in [0.29, 0.717) is 64.2 Å². The van der Waals surface area contributed by atoms with Crippen molar-refractivity contribution in [3.63, 3.8) is 0 Å². The number of carbonyl (C=O) groups excluding carboxylic acids is 6. The third-order valence-electron chi connectivity index (χ3n) is 10.1. The molecule has 5 aromatic carbocycles. The van der Waals surface area contributed by atoms with Crippen molar-refractivity contribution in [3.8, 4) is 11.5 Å². The minimum absolute atomic E-state index is 0.0167. The van der Waals surface area contributed by atoms with Gasteiger partial charge in [0.1, 0.15) is 22.9 Å². The number of hydrogen-bond acceptors (Lipinski definition) is 12. The highest BCUT2D eigenvalue weighted by molar-refractivity contribution is 6.33. The fourth-order valence-corrected chi connectivity index (χ4v) is 7.59. The molecule has 4 amide bonds. The second-order valence-electron chi connectivity index (χ2n) is 14.8. The predicted octanol–water partition coefficient (Wildman–Crippen LogP) is 11.2. The summed E-state index contributed by atoms with van der Waals surface area (Å²) >= 11 is 30.9. The second-order valence-corrected chi connectivity index (χ2v) is 16.8. The Kier molecular flexibility index (Phi) is 20.0. The van der Waals surface area contributed by atoms with Gasteiger partial charge in [-0.25, -0.2) is 0 Å². The number of rotatable bonds is 22. The molecule has 0 heterocycles. The molecule has 0 fully saturated rings. The van der Waals surface area contributed by atoms with E-state index in [-0.39, 0.29) is 56.2 Å². The average Bonchev–Trinajstić information content (AvgIpc) is 3.32. The fraction of sp³-hybridized carbons (Fsp3) is 0.250. The van der Waals surface area contributed by atoms with Crippen LogP contribution < -0.4 is 30.7 Å². The Labute approximate surface area is 422 Å². The van der Waals surface area contributed by atoms with Crippen molar-refractivity contribution in [3.05, 3.63) is 129 Å². The van der Waals surface area contributed by atoms with Gasteiger partial charge in [0.05, 0.1) is 24.3 Å². The van der Waals surface area contributed by atoms with Crippen LogP contribution in [0.25, 0.3) is 0 Å². The number of benzene rings is 5. The molecule has 0 saturated carbocycles. The molecule has 5 aromatic rings. The maximum absolute atomic E-state index is 13.6. The topological polar surface area (TPSA) is 218 Å². The van der Waals surface area contributed by atoms with E-state index in [1.165, 1.54) is 68.8 Å². The summed E-state index contributed by atoms with van der Waals surface area (Å²) in [6, 6.07) is 20.1. The Balaban J connectivity index is 1.29. The zero-order valence-corrected chi connectivity index (χ0v) is 41.3. The van der Waals surface area contributed by atoms with Crippen LogP contribution >= 0.6 is 58.0 Å². The molecule has 360 valence electrons. The van der Waals surface area contributed by atoms with Crippen LogP contribution in [0.5, 0.6) is 11.5 Å². The maximum Gasteiger partial charge on any atom is 0.258 e. The second kappa shape index (κ2) is 25.8. The zero-order valence-electron chi connectivity index (χ0n) is 37.5. The number of nitrogens with one attached hydrogen (secondary N) is 4. The lowest BCUT2D eigenvalue weighted by molar-refractivity contribution is -0.127. The average molecular weight is 1040 g/mol. The molecular formula is C48H45Cl5N8O8. The molecule has 0 aliphatic carbocycles. The van der Waals surface area contributed by atoms with E-state index in [1.807, 2.05) is 0 Å². The van der Waals surface area contributed by atoms with Crippen molar-refractivity contribution in [2.75, 3.05) is 53.1 Å². The molecule has 0 spiro atoms. The molecule has 21 heteroatoms. The van der Waals surface area contributed by atoms with E-state index in [2.05, 4.69) is 41.7 Å². The van der Waals surface area contributed by atoms with E-state index in [9.17, 15) is 28.8 Å². The molecule has 2 atom stereocenters. The first-order valence-corrected chi connectivity index (χ1v) is 23.3. The van der Waals surface area contributed by atoms with Crippen LogP contribution in [0, 0.1) is 0 Å². The summed E-state index contributed by atoms with van der Waals surface area (Å²) in [7, 11) is 3.03. The lowest BCUT2D eigenvalue weighted by Crippen LogP contribution is -2.32. The highest BCUT2D eigenvalue weighted by atomic mass is 35.5. The van der Waals surface area contributed by atoms with Crippen LogP contribution in [0.3, 0.4) is 0 Å². The molecule has 2 unspecified atom stereocenters. The van der Waals surface area contributed by atoms with E-state index in [4.69, 9.17) is 67.5 Å². The Morgan fingerprint density at radius 1 is 0.536 bits per heavy atom. The van der Waals surface area contributed by atoms with Gasteiger partial charge in [-0.15, -0.1) is 34.8 Å². The molecule has 16 nitrogen and oxygen atoms in total. The minimum Gasteiger partial charge on any atom is -0.496 e. The van der Waals surface area contributed by atoms with Gasteiger partial charge in [0, 0.05) is 62.6 Å². The molecule has 5 rings (SSSR count). The summed E-state index contributed by atoms with van der Waals surface area (Å²) < 4.78 is 10.9. The smallest absolute Gasteiger partial charge is 0.258 e. The standard InChI is InChI=1S/C48H45Cl5N8O8/c1-26(62)43(60-58-39-24-29(11-14-34(39)52)45(64)56-37-7-5-9-41(68-3)32(37)18-21-50)47(66)54-31-13-16-36(28(23-31)17-20-49)55-48(67)44(27(2)63)61-59-40-25-30(12-15-35(40)53)46(65)57-38-8-6-10-42(69-4)33(38)19-22-51/h5-16,23-25,43-44H,17-22H2,1-4H3,(H,54,66)(H,55,67)(H,56,64)(H,57,65). The van der Waals surface area contributed by atoms with Gasteiger partial charge in [-0.3, -0.25) is 28.8 Å². The predicted molar refractivity (Wildman–Crippen MR) is 270 cm³/mol. The number of carbonyl (C=O) groups is 6. The number of halogens is 5. The van der Waals surface area contributed by atoms with Gasteiger partial charge in [0.2, 0.25) is 12.1 Å². The SMILES string of the molecule is COc1cccc(NC(=O)c2ccc(Cl)c(N=NC(C(C)=O)C(=O)Nc3ccc(NC(=O)C(N=Nc4cc(C(=O)Nc5cccc(OC)c5CCCl)ccc4Cl)C(C)=O)c(CCCl)c3)c2)c1CCCl. The van der Waals surface area contributed by atoms with Crippen molar-refractivity contribution < 1.29 is 38.2 Å². The first-order chi connectivity index (χ1) is 33.1. The van der Waals surface area contributed by atoms with Gasteiger partial charge in [0.25, 0.3) is 23.6 Å². The Bertz CT molecular complexity index is 2810. The van der Waals surface area contributed by atoms with Gasteiger partial charge in [-0.05, 0) is 118 Å². The highest BCUT2D eigenvalue weighted by Gasteiger charge is 2.27. The number of amides is 4. The lowest BCUT2D eigenvalue weighted by Gasteiger charge is -2.16. The first kappa shape index (κ1) is 53.5. The quantitative estimate of drug-likeness (QED) is 0.0296. The van der Waals surface area contributed by atoms with E-state index in [1.54, 1.807) is 36.4 Å². The summed E-state index contributed by atoms with van der Waals surface area (Å²) in [6.07, 6.45) is 1.07. The maximum atomic E-state index is 13.6. The Morgan fingerprint density at radius 2 is 0.986 bits per heavy atom. The number of ketones is 2. The number of aryl methyl sites for hydroxylation is 1. The van der Waals surface area contributed by atoms with Gasteiger partial charge >= 0.3 is 0 Å². The lowest BCUT2D eigenvalue weighted by atomic mass is 10.1. The molecule has 0 saturated heterocycles. The summed E-state index contributed by atoms with van der Waals surface area (Å²) in [6.45, 7) is 2.32. The summed E-state index contributed by atoms with van der Waals surface area (Å²) in [5, 5.41) is 27.3. The van der Waals surface area contributed by atoms with Gasteiger partial charge in [-0.1, -0.05) is 35.3 Å². The largest absolute Gasteiger partial charge is 0.496 e. The van der Waals surface area contributed by atoms with Crippen molar-refractivity contribution in [2.24, 2.45) is 20.5 Å². The molecule has 0 aliphatic rings. The minimum atomic E-state index is -1.64. The molecule has 4 N–H and O–H groups in total. The third-order valence-corrected chi connectivity index (χ3v) is 11.3. The number of methoxy groups -OCH3 is 2. The number of hydrogen-bond donors (Lipinski definition) is 4. The Morgan fingerprint density at radius 3 is 1.41 bits per heavy atom. The van der Waals surface area contributed by atoms with Crippen LogP contribution in [0.15, 0.2) is 111 Å². The van der Waals surface area contributed by atoms with E-state index in [0.717, 1.165) is 13.8 Å². The molecule has 69 heavy (non-hydrogen) atoms. The van der Waals surface area contributed by atoms with Crippen molar-refractivity contribution in [2.45, 2.75) is 45.2 Å². The number of anilines is 4. The van der Waals surface area contributed by atoms with Gasteiger partial charge in [-0.2, -0.15) is 20.5 Å². The molecule has 0 aliphatic heterocycles. The summed E-state index contributed by atoms with van der Waals surface area (Å²) in [4.78, 5) is 79.2. The van der Waals surface area contributed by atoms with Crippen LogP contribution in [0.1, 0.15) is 51.3 Å². The van der Waals surface area contributed by atoms with E-state index >= 15 is 0 Å². The molecule has 0 aromatic heterocycles. The van der Waals surface area contributed by atoms with Crippen molar-refractivity contribution in [1.82, 2.24) is 0 Å². The number of nitrogens with zero attached hydrogens (tertiary/aromatic N) is 4. The monoisotopic (exact) mass is 1040 g/mol. The van der Waals surface area contributed by atoms with Crippen LogP contribution in [0.4, 0.5) is 34.1 Å². The fourth-order valence-electron chi connectivity index (χ4n) is 6.69.